The fraction of sp³-hybridized carbons (Fsp3) is 0.167. The molecule has 2 aromatic carbocycles. The molecule has 0 amide bonds. The van der Waals surface area contributed by atoms with Gasteiger partial charge in [0, 0.05) is 30.4 Å². The average Bonchev–Trinajstić information content (AvgIpc) is 2.97. The number of ether oxygens (including phenoxy) is 1. The largest absolute Gasteiger partial charge is 0.497 e. The predicted molar refractivity (Wildman–Crippen MR) is 84.6 cm³/mol. The SMILES string of the molecule is COc1ccc2c(c1)CN(c1ccc3ncccc3c1)C2. The van der Waals surface area contributed by atoms with E-state index in [1.165, 1.54) is 22.2 Å². The molecule has 0 aliphatic carbocycles. The average molecular weight is 276 g/mol. The maximum absolute atomic E-state index is 5.31. The number of methoxy groups -OCH3 is 1. The molecule has 0 radical (unpaired) electrons. The molecule has 3 aromatic rings. The van der Waals surface area contributed by atoms with Gasteiger partial charge in [0.05, 0.1) is 12.6 Å². The highest BCUT2D eigenvalue weighted by atomic mass is 16.5. The Balaban J connectivity index is 1.68. The van der Waals surface area contributed by atoms with Crippen molar-refractivity contribution in [3.63, 3.8) is 0 Å². The van der Waals surface area contributed by atoms with Gasteiger partial charge in [0.25, 0.3) is 0 Å². The van der Waals surface area contributed by atoms with Crippen LogP contribution in [0.1, 0.15) is 11.1 Å². The van der Waals surface area contributed by atoms with Gasteiger partial charge in [-0.3, -0.25) is 4.98 Å². The Labute approximate surface area is 123 Å². The van der Waals surface area contributed by atoms with E-state index >= 15 is 0 Å². The Hall–Kier alpha value is -2.55. The summed E-state index contributed by atoms with van der Waals surface area (Å²) in [6, 6.07) is 16.9. The van der Waals surface area contributed by atoms with Crippen LogP contribution in [0.15, 0.2) is 54.7 Å². The number of fused-ring (bicyclic) bond motifs is 2. The molecule has 21 heavy (non-hydrogen) atoms. The minimum absolute atomic E-state index is 0.929. The molecule has 104 valence electrons. The molecule has 0 saturated heterocycles. The van der Waals surface area contributed by atoms with E-state index in [1.807, 2.05) is 18.3 Å². The molecule has 1 aromatic heterocycles. The van der Waals surface area contributed by atoms with Gasteiger partial charge in [-0.2, -0.15) is 0 Å². The first-order chi connectivity index (χ1) is 10.3. The fourth-order valence-corrected chi connectivity index (χ4v) is 2.94. The smallest absolute Gasteiger partial charge is 0.119 e. The second kappa shape index (κ2) is 4.77. The summed E-state index contributed by atoms with van der Waals surface area (Å²) < 4.78 is 5.31. The molecule has 0 N–H and O–H groups in total. The number of aromatic nitrogens is 1. The van der Waals surface area contributed by atoms with E-state index in [4.69, 9.17) is 4.74 Å². The minimum atomic E-state index is 0.929. The van der Waals surface area contributed by atoms with Crippen molar-refractivity contribution in [3.8, 4) is 5.75 Å². The summed E-state index contributed by atoms with van der Waals surface area (Å²) in [6.45, 7) is 1.88. The molecule has 1 aliphatic rings. The van der Waals surface area contributed by atoms with Crippen molar-refractivity contribution < 1.29 is 4.74 Å². The second-order valence-electron chi connectivity index (χ2n) is 5.37. The first-order valence-corrected chi connectivity index (χ1v) is 7.09. The van der Waals surface area contributed by atoms with Gasteiger partial charge in [0.15, 0.2) is 0 Å². The lowest BCUT2D eigenvalue weighted by Gasteiger charge is -2.18. The third kappa shape index (κ3) is 2.11. The van der Waals surface area contributed by atoms with Crippen molar-refractivity contribution in [3.05, 3.63) is 65.9 Å². The van der Waals surface area contributed by atoms with Crippen LogP contribution in [0.4, 0.5) is 5.69 Å². The second-order valence-corrected chi connectivity index (χ2v) is 5.37. The Morgan fingerprint density at radius 1 is 1.00 bits per heavy atom. The quantitative estimate of drug-likeness (QED) is 0.712. The van der Waals surface area contributed by atoms with Gasteiger partial charge in [-0.15, -0.1) is 0 Å². The van der Waals surface area contributed by atoms with E-state index in [0.29, 0.717) is 0 Å². The predicted octanol–water partition coefficient (Wildman–Crippen LogP) is 3.76. The van der Waals surface area contributed by atoms with Gasteiger partial charge in [-0.05, 0) is 47.5 Å². The van der Waals surface area contributed by atoms with Crippen LogP contribution in [-0.2, 0) is 13.1 Å². The van der Waals surface area contributed by atoms with E-state index in [9.17, 15) is 0 Å². The lowest BCUT2D eigenvalue weighted by molar-refractivity contribution is 0.414. The molecule has 0 fully saturated rings. The van der Waals surface area contributed by atoms with Crippen LogP contribution in [0, 0.1) is 0 Å². The molecule has 3 heteroatoms. The van der Waals surface area contributed by atoms with Crippen LogP contribution in [0.3, 0.4) is 0 Å². The summed E-state index contributed by atoms with van der Waals surface area (Å²) in [6.07, 6.45) is 1.83. The van der Waals surface area contributed by atoms with E-state index < -0.39 is 0 Å². The summed E-state index contributed by atoms with van der Waals surface area (Å²) >= 11 is 0. The Bertz CT molecular complexity index is 813. The van der Waals surface area contributed by atoms with Crippen LogP contribution >= 0.6 is 0 Å². The van der Waals surface area contributed by atoms with Gasteiger partial charge in [-0.1, -0.05) is 12.1 Å². The molecule has 4 rings (SSSR count). The molecule has 3 nitrogen and oxygen atoms in total. The monoisotopic (exact) mass is 276 g/mol. The lowest BCUT2D eigenvalue weighted by Crippen LogP contribution is -2.14. The summed E-state index contributed by atoms with van der Waals surface area (Å²) in [4.78, 5) is 6.76. The highest BCUT2D eigenvalue weighted by molar-refractivity contribution is 5.82. The van der Waals surface area contributed by atoms with E-state index in [0.717, 1.165) is 24.4 Å². The van der Waals surface area contributed by atoms with Gasteiger partial charge in [-0.25, -0.2) is 0 Å². The Morgan fingerprint density at radius 2 is 1.90 bits per heavy atom. The minimum Gasteiger partial charge on any atom is -0.497 e. The molecule has 0 unspecified atom stereocenters. The Kier molecular flexibility index (Phi) is 2.78. The zero-order valence-electron chi connectivity index (χ0n) is 11.9. The lowest BCUT2D eigenvalue weighted by atomic mass is 10.1. The number of pyridine rings is 1. The number of nitrogens with zero attached hydrogens (tertiary/aromatic N) is 2. The topological polar surface area (TPSA) is 25.4 Å². The molecule has 0 spiro atoms. The molecule has 0 saturated carbocycles. The summed E-state index contributed by atoms with van der Waals surface area (Å²) in [5.74, 6) is 0.929. The van der Waals surface area contributed by atoms with Crippen molar-refractivity contribution in [1.29, 1.82) is 0 Å². The van der Waals surface area contributed by atoms with Crippen LogP contribution in [-0.4, -0.2) is 12.1 Å². The summed E-state index contributed by atoms with van der Waals surface area (Å²) in [5.41, 5.74) is 5.01. The third-order valence-corrected chi connectivity index (χ3v) is 4.09. The maximum atomic E-state index is 5.31. The standard InChI is InChI=1S/C18H16N2O/c1-21-17-6-4-14-11-20(12-15(14)10-17)16-5-7-18-13(9-16)3-2-8-19-18/h2-10H,11-12H2,1H3. The summed E-state index contributed by atoms with van der Waals surface area (Å²) in [7, 11) is 1.71. The first-order valence-electron chi connectivity index (χ1n) is 7.09. The highest BCUT2D eigenvalue weighted by Gasteiger charge is 2.19. The fourth-order valence-electron chi connectivity index (χ4n) is 2.94. The zero-order valence-corrected chi connectivity index (χ0v) is 11.9. The van der Waals surface area contributed by atoms with Crippen molar-refractivity contribution in [2.75, 3.05) is 12.0 Å². The van der Waals surface area contributed by atoms with Crippen LogP contribution in [0.5, 0.6) is 5.75 Å². The number of rotatable bonds is 2. The third-order valence-electron chi connectivity index (χ3n) is 4.09. The molecule has 2 heterocycles. The van der Waals surface area contributed by atoms with Crippen molar-refractivity contribution >= 4 is 16.6 Å². The van der Waals surface area contributed by atoms with E-state index in [1.54, 1.807) is 7.11 Å². The van der Waals surface area contributed by atoms with Crippen molar-refractivity contribution in [2.45, 2.75) is 13.1 Å². The molecule has 0 atom stereocenters. The van der Waals surface area contributed by atoms with Crippen molar-refractivity contribution in [2.24, 2.45) is 0 Å². The molecular weight excluding hydrogens is 260 g/mol. The van der Waals surface area contributed by atoms with Crippen LogP contribution in [0.2, 0.25) is 0 Å². The van der Waals surface area contributed by atoms with Gasteiger partial charge >= 0.3 is 0 Å². The van der Waals surface area contributed by atoms with Gasteiger partial charge in [0.1, 0.15) is 5.75 Å². The molecule has 1 aliphatic heterocycles. The number of hydrogen-bond donors (Lipinski definition) is 0. The zero-order chi connectivity index (χ0) is 14.2. The maximum Gasteiger partial charge on any atom is 0.119 e. The highest BCUT2D eigenvalue weighted by Crippen LogP contribution is 2.31. The van der Waals surface area contributed by atoms with Crippen molar-refractivity contribution in [1.82, 2.24) is 4.98 Å². The van der Waals surface area contributed by atoms with Crippen LogP contribution in [0.25, 0.3) is 10.9 Å². The van der Waals surface area contributed by atoms with Crippen LogP contribution < -0.4 is 9.64 Å². The number of anilines is 1. The summed E-state index contributed by atoms with van der Waals surface area (Å²) in [5, 5.41) is 1.18. The first kappa shape index (κ1) is 12.2. The van der Waals surface area contributed by atoms with E-state index in [-0.39, 0.29) is 0 Å². The number of hydrogen-bond acceptors (Lipinski definition) is 3. The van der Waals surface area contributed by atoms with Gasteiger partial charge in [0.2, 0.25) is 0 Å². The van der Waals surface area contributed by atoms with E-state index in [2.05, 4.69) is 46.3 Å². The number of benzene rings is 2. The normalized spacial score (nSPS) is 13.5. The van der Waals surface area contributed by atoms with Gasteiger partial charge < -0.3 is 9.64 Å². The molecular formula is C18H16N2O. The molecule has 0 bridgehead atoms. The Morgan fingerprint density at radius 3 is 2.81 bits per heavy atom.